The molecule has 8 nitrogen and oxygen atoms in total. The number of methoxy groups -OCH3 is 2. The molecule has 1 amide bonds. The predicted octanol–water partition coefficient (Wildman–Crippen LogP) is 5.14. The standard InChI is InChI=1S/C29H48N2O6/c1-20(2)26(36-24-11-12-25(34-7)27(16-24)35-14-8-13-33-6)15-21-18-31(28(32)37-29(3,4)5)19-22(21)17-30-23-9-10-23/h11-12,16,20-23,26,30H,8-10,13-15,17-19H2,1-7H3/t21-,22-,26?/m1/s1. The molecule has 2 fully saturated rings. The number of rotatable bonds is 14. The zero-order valence-corrected chi connectivity index (χ0v) is 23.9. The first-order valence-corrected chi connectivity index (χ1v) is 13.8. The molecule has 1 N–H and O–H groups in total. The molecule has 3 atom stereocenters. The van der Waals surface area contributed by atoms with Gasteiger partial charge >= 0.3 is 6.09 Å². The normalized spacial score (nSPS) is 20.7. The number of nitrogens with one attached hydrogen (secondary N) is 1. The van der Waals surface area contributed by atoms with Crippen molar-refractivity contribution in [3.8, 4) is 17.2 Å². The van der Waals surface area contributed by atoms with Crippen molar-refractivity contribution < 1.29 is 28.5 Å². The van der Waals surface area contributed by atoms with Crippen molar-refractivity contribution in [2.24, 2.45) is 17.8 Å². The van der Waals surface area contributed by atoms with Gasteiger partial charge in [-0.15, -0.1) is 0 Å². The second kappa shape index (κ2) is 13.6. The molecule has 1 aromatic carbocycles. The van der Waals surface area contributed by atoms with E-state index in [9.17, 15) is 4.79 Å². The molecule has 1 aliphatic heterocycles. The Labute approximate surface area is 223 Å². The molecule has 37 heavy (non-hydrogen) atoms. The molecule has 210 valence electrons. The maximum Gasteiger partial charge on any atom is 0.410 e. The van der Waals surface area contributed by atoms with Crippen LogP contribution in [0.5, 0.6) is 17.2 Å². The Morgan fingerprint density at radius 1 is 1.08 bits per heavy atom. The van der Waals surface area contributed by atoms with Crippen molar-refractivity contribution in [3.63, 3.8) is 0 Å². The van der Waals surface area contributed by atoms with E-state index in [0.717, 1.165) is 25.1 Å². The molecular weight excluding hydrogens is 472 g/mol. The number of carbonyl (C=O) groups is 1. The first-order chi connectivity index (χ1) is 17.6. The monoisotopic (exact) mass is 520 g/mol. The molecule has 2 aliphatic rings. The summed E-state index contributed by atoms with van der Waals surface area (Å²) in [5, 5.41) is 3.68. The zero-order valence-electron chi connectivity index (χ0n) is 23.9. The van der Waals surface area contributed by atoms with Crippen molar-refractivity contribution in [2.45, 2.75) is 78.0 Å². The van der Waals surface area contributed by atoms with E-state index in [1.807, 2.05) is 43.9 Å². The highest BCUT2D eigenvalue weighted by atomic mass is 16.6. The second-order valence-corrected chi connectivity index (χ2v) is 11.7. The highest BCUT2D eigenvalue weighted by Crippen LogP contribution is 2.35. The van der Waals surface area contributed by atoms with Gasteiger partial charge in [0.15, 0.2) is 11.5 Å². The molecule has 1 aromatic rings. The first-order valence-electron chi connectivity index (χ1n) is 13.8. The van der Waals surface area contributed by atoms with Crippen molar-refractivity contribution in [1.82, 2.24) is 10.2 Å². The van der Waals surface area contributed by atoms with Crippen LogP contribution in [-0.4, -0.2) is 75.8 Å². The fraction of sp³-hybridized carbons (Fsp3) is 0.759. The molecule has 0 radical (unpaired) electrons. The molecule has 0 aromatic heterocycles. The Morgan fingerprint density at radius 3 is 2.43 bits per heavy atom. The molecule has 1 saturated heterocycles. The van der Waals surface area contributed by atoms with E-state index in [1.54, 1.807) is 14.2 Å². The van der Waals surface area contributed by atoms with Crippen LogP contribution in [0.15, 0.2) is 18.2 Å². The van der Waals surface area contributed by atoms with E-state index in [2.05, 4.69) is 19.2 Å². The molecule has 3 rings (SSSR count). The summed E-state index contributed by atoms with van der Waals surface area (Å²) in [6.07, 6.45) is 3.94. The third-order valence-electron chi connectivity index (χ3n) is 6.93. The van der Waals surface area contributed by atoms with Gasteiger partial charge in [0.2, 0.25) is 0 Å². The smallest absolute Gasteiger partial charge is 0.410 e. The number of amides is 1. The fourth-order valence-corrected chi connectivity index (χ4v) is 4.68. The van der Waals surface area contributed by atoms with Gasteiger partial charge in [-0.2, -0.15) is 0 Å². The van der Waals surface area contributed by atoms with Crippen LogP contribution in [0.1, 0.15) is 60.3 Å². The summed E-state index contributed by atoms with van der Waals surface area (Å²) in [6, 6.07) is 6.37. The van der Waals surface area contributed by atoms with E-state index in [-0.39, 0.29) is 12.2 Å². The van der Waals surface area contributed by atoms with E-state index < -0.39 is 5.60 Å². The lowest BCUT2D eigenvalue weighted by Crippen LogP contribution is -2.36. The van der Waals surface area contributed by atoms with E-state index in [0.29, 0.717) is 61.6 Å². The third kappa shape index (κ3) is 9.56. The van der Waals surface area contributed by atoms with Gasteiger partial charge < -0.3 is 33.9 Å². The minimum Gasteiger partial charge on any atom is -0.493 e. The number of carbonyl (C=O) groups excluding carboxylic acids is 1. The second-order valence-electron chi connectivity index (χ2n) is 11.7. The lowest BCUT2D eigenvalue weighted by atomic mass is 9.87. The molecule has 1 aliphatic carbocycles. The van der Waals surface area contributed by atoms with Gasteiger partial charge in [-0.25, -0.2) is 4.79 Å². The van der Waals surface area contributed by atoms with Crippen molar-refractivity contribution in [3.05, 3.63) is 18.2 Å². The summed E-state index contributed by atoms with van der Waals surface area (Å²) < 4.78 is 28.8. The first kappa shape index (κ1) is 29.4. The number of hydrogen-bond donors (Lipinski definition) is 1. The van der Waals surface area contributed by atoms with E-state index in [1.165, 1.54) is 12.8 Å². The van der Waals surface area contributed by atoms with Gasteiger partial charge in [-0.05, 0) is 69.9 Å². The number of hydrogen-bond acceptors (Lipinski definition) is 7. The predicted molar refractivity (Wildman–Crippen MR) is 145 cm³/mol. The summed E-state index contributed by atoms with van der Waals surface area (Å²) in [6.45, 7) is 13.6. The van der Waals surface area contributed by atoms with Gasteiger partial charge in [0.1, 0.15) is 17.5 Å². The number of likely N-dealkylation sites (tertiary alicyclic amines) is 1. The van der Waals surface area contributed by atoms with Crippen LogP contribution in [0, 0.1) is 17.8 Å². The highest BCUT2D eigenvalue weighted by Gasteiger charge is 2.39. The molecule has 8 heteroatoms. The van der Waals surface area contributed by atoms with Crippen molar-refractivity contribution >= 4 is 6.09 Å². The van der Waals surface area contributed by atoms with Crippen molar-refractivity contribution in [1.29, 1.82) is 0 Å². The highest BCUT2D eigenvalue weighted by molar-refractivity contribution is 5.68. The molecule has 1 unspecified atom stereocenters. The number of ether oxygens (including phenoxy) is 5. The average molecular weight is 521 g/mol. The Kier molecular flexibility index (Phi) is 10.8. The van der Waals surface area contributed by atoms with Gasteiger partial charge in [-0.3, -0.25) is 0 Å². The van der Waals surface area contributed by atoms with Crippen molar-refractivity contribution in [2.75, 3.05) is 47.1 Å². The van der Waals surface area contributed by atoms with Crippen LogP contribution < -0.4 is 19.5 Å². The Bertz CT molecular complexity index is 851. The Balaban J connectivity index is 1.68. The van der Waals surface area contributed by atoms with Crippen LogP contribution in [0.2, 0.25) is 0 Å². The summed E-state index contributed by atoms with van der Waals surface area (Å²) in [4.78, 5) is 14.7. The van der Waals surface area contributed by atoms with Gasteiger partial charge in [0.05, 0.1) is 13.7 Å². The zero-order chi connectivity index (χ0) is 27.0. The van der Waals surface area contributed by atoms with E-state index >= 15 is 0 Å². The molecule has 1 saturated carbocycles. The average Bonchev–Trinajstić information content (AvgIpc) is 3.58. The maximum absolute atomic E-state index is 12.9. The summed E-state index contributed by atoms with van der Waals surface area (Å²) >= 11 is 0. The van der Waals surface area contributed by atoms with Crippen LogP contribution in [-0.2, 0) is 9.47 Å². The topological polar surface area (TPSA) is 78.5 Å². The summed E-state index contributed by atoms with van der Waals surface area (Å²) in [7, 11) is 3.33. The SMILES string of the molecule is COCCCOc1cc(OC(C[C@@H]2CN(C(=O)OC(C)(C)C)C[C@H]2CNC2CC2)C(C)C)ccc1OC. The minimum atomic E-state index is -0.502. The van der Waals surface area contributed by atoms with Crippen LogP contribution >= 0.6 is 0 Å². The molecule has 1 heterocycles. The summed E-state index contributed by atoms with van der Waals surface area (Å²) in [5.74, 6) is 3.11. The lowest BCUT2D eigenvalue weighted by Gasteiger charge is -2.28. The van der Waals surface area contributed by atoms with Crippen LogP contribution in [0.3, 0.4) is 0 Å². The third-order valence-corrected chi connectivity index (χ3v) is 6.93. The van der Waals surface area contributed by atoms with Gasteiger partial charge in [0.25, 0.3) is 0 Å². The van der Waals surface area contributed by atoms with E-state index in [4.69, 9.17) is 23.7 Å². The quantitative estimate of drug-likeness (QED) is 0.340. The number of nitrogens with zero attached hydrogens (tertiary/aromatic N) is 1. The van der Waals surface area contributed by atoms with Gasteiger partial charge in [-0.1, -0.05) is 13.8 Å². The largest absolute Gasteiger partial charge is 0.493 e. The fourth-order valence-electron chi connectivity index (χ4n) is 4.68. The van der Waals surface area contributed by atoms with Gasteiger partial charge in [0, 0.05) is 51.9 Å². The summed E-state index contributed by atoms with van der Waals surface area (Å²) in [5.41, 5.74) is -0.502. The molecule has 0 spiro atoms. The maximum atomic E-state index is 12.9. The lowest BCUT2D eigenvalue weighted by molar-refractivity contribution is 0.0279. The molecular formula is C29H48N2O6. The number of benzene rings is 1. The Morgan fingerprint density at radius 2 is 1.81 bits per heavy atom. The Hall–Kier alpha value is -2.19. The van der Waals surface area contributed by atoms with Crippen LogP contribution in [0.4, 0.5) is 4.79 Å². The minimum absolute atomic E-state index is 0.00162. The van der Waals surface area contributed by atoms with Crippen LogP contribution in [0.25, 0.3) is 0 Å². The molecule has 0 bridgehead atoms.